The highest BCUT2D eigenvalue weighted by Gasteiger charge is 2.22. The van der Waals surface area contributed by atoms with E-state index in [4.69, 9.17) is 22.4 Å². The van der Waals surface area contributed by atoms with Gasteiger partial charge >= 0.3 is 0 Å². The molecule has 1 aromatic heterocycles. The van der Waals surface area contributed by atoms with Gasteiger partial charge in [-0.15, -0.1) is 12.4 Å². The van der Waals surface area contributed by atoms with Gasteiger partial charge in [-0.1, -0.05) is 41.9 Å². The summed E-state index contributed by atoms with van der Waals surface area (Å²) in [5, 5.41) is 7.34. The Morgan fingerprint density at radius 1 is 1.00 bits per heavy atom. The molecule has 1 saturated heterocycles. The monoisotopic (exact) mass is 474 g/mol. The molecule has 0 radical (unpaired) electrons. The molecule has 0 aliphatic carbocycles. The van der Waals surface area contributed by atoms with Gasteiger partial charge in [-0.2, -0.15) is 5.10 Å². The summed E-state index contributed by atoms with van der Waals surface area (Å²) < 4.78 is 1.77. The molecule has 4 rings (SSSR count). The highest BCUT2D eigenvalue weighted by molar-refractivity contribution is 6.30. The van der Waals surface area contributed by atoms with Crippen molar-refractivity contribution >= 4 is 34.8 Å². The number of hydrogen-bond donors (Lipinski definition) is 1. The topological polar surface area (TPSA) is 64.2 Å². The van der Waals surface area contributed by atoms with Crippen LogP contribution in [0, 0.1) is 0 Å². The van der Waals surface area contributed by atoms with Crippen LogP contribution in [-0.4, -0.2) is 40.9 Å². The minimum atomic E-state index is 0. The Balaban J connectivity index is 0.00000289. The van der Waals surface area contributed by atoms with E-state index >= 15 is 0 Å². The molecule has 1 fully saturated rings. The zero-order valence-electron chi connectivity index (χ0n) is 18.4. The Kier molecular flexibility index (Phi) is 9.11. The lowest BCUT2D eigenvalue weighted by atomic mass is 10.0. The molecular formula is C25H32Cl2N4O. The van der Waals surface area contributed by atoms with Crippen LogP contribution in [0.25, 0.3) is 10.8 Å². The average Bonchev–Trinajstić information content (AvgIpc) is 3.03. The van der Waals surface area contributed by atoms with Crippen molar-refractivity contribution in [2.75, 3.05) is 26.2 Å². The van der Waals surface area contributed by atoms with Gasteiger partial charge in [0.25, 0.3) is 5.56 Å². The van der Waals surface area contributed by atoms with Gasteiger partial charge in [0.2, 0.25) is 0 Å². The van der Waals surface area contributed by atoms with Crippen molar-refractivity contribution in [3.63, 3.8) is 0 Å². The van der Waals surface area contributed by atoms with Gasteiger partial charge in [-0.3, -0.25) is 4.79 Å². The predicted octanol–water partition coefficient (Wildman–Crippen LogP) is 4.83. The lowest BCUT2D eigenvalue weighted by molar-refractivity contribution is 0.273. The smallest absolute Gasteiger partial charge is 0.274 e. The highest BCUT2D eigenvalue weighted by Crippen LogP contribution is 2.24. The number of benzene rings is 2. The molecule has 1 unspecified atom stereocenters. The van der Waals surface area contributed by atoms with Crippen LogP contribution in [0.15, 0.2) is 53.3 Å². The summed E-state index contributed by atoms with van der Waals surface area (Å²) >= 11 is 6.05. The van der Waals surface area contributed by atoms with E-state index in [0.29, 0.717) is 6.42 Å². The highest BCUT2D eigenvalue weighted by atomic mass is 35.5. The van der Waals surface area contributed by atoms with Crippen LogP contribution in [0.2, 0.25) is 5.02 Å². The summed E-state index contributed by atoms with van der Waals surface area (Å²) in [5.74, 6) is 0. The van der Waals surface area contributed by atoms with Crippen LogP contribution in [0.1, 0.15) is 49.4 Å². The molecule has 0 spiro atoms. The number of halogens is 2. The minimum absolute atomic E-state index is 0. The molecule has 5 nitrogen and oxygen atoms in total. The van der Waals surface area contributed by atoms with Crippen LogP contribution in [-0.2, 0) is 6.42 Å². The summed E-state index contributed by atoms with van der Waals surface area (Å²) in [6, 6.07) is 15.8. The first-order valence-corrected chi connectivity index (χ1v) is 11.7. The quantitative estimate of drug-likeness (QED) is 0.498. The summed E-state index contributed by atoms with van der Waals surface area (Å²) in [7, 11) is 0. The molecule has 1 aliphatic heterocycles. The van der Waals surface area contributed by atoms with Gasteiger partial charge in [-0.05, 0) is 75.5 Å². The largest absolute Gasteiger partial charge is 0.330 e. The molecule has 3 aromatic rings. The zero-order valence-corrected chi connectivity index (χ0v) is 20.0. The van der Waals surface area contributed by atoms with Crippen LogP contribution in [0.3, 0.4) is 0 Å². The molecule has 32 heavy (non-hydrogen) atoms. The summed E-state index contributed by atoms with van der Waals surface area (Å²) in [6.07, 6.45) is 5.91. The third kappa shape index (κ3) is 5.90. The lowest BCUT2D eigenvalue weighted by Crippen LogP contribution is -2.30. The van der Waals surface area contributed by atoms with Gasteiger partial charge in [0.15, 0.2) is 0 Å². The van der Waals surface area contributed by atoms with E-state index in [9.17, 15) is 4.79 Å². The van der Waals surface area contributed by atoms with Crippen molar-refractivity contribution < 1.29 is 0 Å². The molecule has 2 aromatic carbocycles. The Labute approximate surface area is 201 Å². The fourth-order valence-electron chi connectivity index (χ4n) is 4.53. The summed E-state index contributed by atoms with van der Waals surface area (Å²) in [4.78, 5) is 15.8. The number of nitrogens with zero attached hydrogens (tertiary/aromatic N) is 3. The number of fused-ring (bicyclic) bond motifs is 1. The molecule has 0 saturated carbocycles. The number of unbranched alkanes of at least 4 members (excludes halogenated alkanes) is 1. The van der Waals surface area contributed by atoms with E-state index in [1.807, 2.05) is 48.5 Å². The van der Waals surface area contributed by atoms with Gasteiger partial charge in [-0.25, -0.2) is 4.68 Å². The van der Waals surface area contributed by atoms with Crippen molar-refractivity contribution in [1.29, 1.82) is 0 Å². The third-order valence-corrected chi connectivity index (χ3v) is 6.51. The molecule has 0 amide bonds. The molecular weight excluding hydrogens is 443 g/mol. The fourth-order valence-corrected chi connectivity index (χ4v) is 4.66. The van der Waals surface area contributed by atoms with Crippen LogP contribution in [0.4, 0.5) is 0 Å². The Bertz CT molecular complexity index is 1070. The van der Waals surface area contributed by atoms with E-state index in [2.05, 4.69) is 4.90 Å². The number of likely N-dealkylation sites (tertiary alicyclic amines) is 1. The second kappa shape index (κ2) is 11.8. The second-order valence-corrected chi connectivity index (χ2v) is 8.90. The maximum absolute atomic E-state index is 13.3. The van der Waals surface area contributed by atoms with Gasteiger partial charge in [0.05, 0.1) is 17.1 Å². The number of rotatable bonds is 7. The van der Waals surface area contributed by atoms with E-state index in [1.165, 1.54) is 0 Å². The first kappa shape index (κ1) is 24.7. The van der Waals surface area contributed by atoms with Gasteiger partial charge < -0.3 is 10.6 Å². The molecule has 172 valence electrons. The Morgan fingerprint density at radius 3 is 2.50 bits per heavy atom. The molecule has 2 heterocycles. The first-order chi connectivity index (χ1) is 15.2. The van der Waals surface area contributed by atoms with Crippen molar-refractivity contribution in [3.8, 4) is 0 Å². The van der Waals surface area contributed by atoms with Crippen LogP contribution < -0.4 is 11.3 Å². The lowest BCUT2D eigenvalue weighted by Gasteiger charge is -2.21. The van der Waals surface area contributed by atoms with Crippen molar-refractivity contribution in [2.45, 2.75) is 44.6 Å². The number of nitrogens with two attached hydrogens (primary N) is 1. The predicted molar refractivity (Wildman–Crippen MR) is 135 cm³/mol. The minimum Gasteiger partial charge on any atom is -0.330 e. The molecule has 1 atom stereocenters. The number of aromatic nitrogens is 2. The Morgan fingerprint density at radius 2 is 1.75 bits per heavy atom. The summed E-state index contributed by atoms with van der Waals surface area (Å²) in [6.45, 7) is 3.93. The zero-order chi connectivity index (χ0) is 21.6. The van der Waals surface area contributed by atoms with Crippen molar-refractivity contribution in [2.24, 2.45) is 5.73 Å². The van der Waals surface area contributed by atoms with Gasteiger partial charge in [0, 0.05) is 23.4 Å². The van der Waals surface area contributed by atoms with E-state index < -0.39 is 0 Å². The maximum atomic E-state index is 13.3. The van der Waals surface area contributed by atoms with Crippen molar-refractivity contribution in [1.82, 2.24) is 14.7 Å². The third-order valence-electron chi connectivity index (χ3n) is 6.25. The van der Waals surface area contributed by atoms with Gasteiger partial charge in [0.1, 0.15) is 0 Å². The van der Waals surface area contributed by atoms with Crippen LogP contribution in [0.5, 0.6) is 0 Å². The van der Waals surface area contributed by atoms with Crippen LogP contribution >= 0.6 is 24.0 Å². The average molecular weight is 475 g/mol. The fraction of sp³-hybridized carbons (Fsp3) is 0.440. The van der Waals surface area contributed by atoms with E-state index in [0.717, 1.165) is 85.3 Å². The summed E-state index contributed by atoms with van der Waals surface area (Å²) in [5.41, 5.74) is 7.75. The molecule has 7 heteroatoms. The Hall–Kier alpha value is -1.92. The standard InChI is InChI=1S/C25H31ClN4O.ClH/c26-20-11-9-19(10-12-20)18-24-22-7-1-2-8-23(22)25(31)30(28-24)21-6-5-16-29(17-13-21)15-4-3-14-27;/h1-2,7-12,21H,3-6,13-18,27H2;1H. The molecule has 1 aliphatic rings. The van der Waals surface area contributed by atoms with E-state index in [1.54, 1.807) is 4.68 Å². The second-order valence-electron chi connectivity index (χ2n) is 8.47. The molecule has 2 N–H and O–H groups in total. The molecule has 0 bridgehead atoms. The SMILES string of the molecule is Cl.NCCCCN1CCCC(n2nc(Cc3ccc(Cl)cc3)c3ccccc3c2=O)CC1. The first-order valence-electron chi connectivity index (χ1n) is 11.3. The number of hydrogen-bond acceptors (Lipinski definition) is 4. The van der Waals surface area contributed by atoms with Crippen molar-refractivity contribution in [3.05, 3.63) is 75.2 Å². The van der Waals surface area contributed by atoms with E-state index in [-0.39, 0.29) is 24.0 Å². The normalized spacial score (nSPS) is 17.1. The maximum Gasteiger partial charge on any atom is 0.274 e.